The van der Waals surface area contributed by atoms with E-state index in [9.17, 15) is 0 Å². The van der Waals surface area contributed by atoms with Crippen LogP contribution in [0.4, 0.5) is 0 Å². The van der Waals surface area contributed by atoms with Crippen molar-refractivity contribution < 1.29 is 4.74 Å². The van der Waals surface area contributed by atoms with Gasteiger partial charge in [0.1, 0.15) is 0 Å². The van der Waals surface area contributed by atoms with E-state index in [4.69, 9.17) is 4.74 Å². The van der Waals surface area contributed by atoms with Gasteiger partial charge in [-0.05, 0) is 36.6 Å². The Hall–Kier alpha value is -1.24. The summed E-state index contributed by atoms with van der Waals surface area (Å²) < 4.78 is 4.88. The molecule has 0 unspecified atom stereocenters. The van der Waals surface area contributed by atoms with Crippen molar-refractivity contribution in [2.75, 3.05) is 7.11 Å². The summed E-state index contributed by atoms with van der Waals surface area (Å²) in [5.41, 5.74) is 3.81. The van der Waals surface area contributed by atoms with Gasteiger partial charge < -0.3 is 4.74 Å². The van der Waals surface area contributed by atoms with Gasteiger partial charge in [-0.3, -0.25) is 0 Å². The first-order valence-electron chi connectivity index (χ1n) is 4.01. The van der Waals surface area contributed by atoms with Gasteiger partial charge in [0.05, 0.1) is 13.4 Å². The smallest absolute Gasteiger partial charge is 0.0830 e. The Bertz CT molecular complexity index is 267. The second-order valence-electron chi connectivity index (χ2n) is 2.84. The molecular formula is C11H14O. The van der Waals surface area contributed by atoms with Gasteiger partial charge in [0.15, 0.2) is 0 Å². The predicted molar refractivity (Wildman–Crippen MR) is 52.0 cm³/mol. The summed E-state index contributed by atoms with van der Waals surface area (Å²) in [6.45, 7) is 4.20. The summed E-state index contributed by atoms with van der Waals surface area (Å²) in [6, 6.07) is 6.26. The summed E-state index contributed by atoms with van der Waals surface area (Å²) >= 11 is 0. The van der Waals surface area contributed by atoms with Crippen LogP contribution in [-0.4, -0.2) is 7.11 Å². The van der Waals surface area contributed by atoms with Gasteiger partial charge in [-0.1, -0.05) is 18.2 Å². The maximum absolute atomic E-state index is 4.88. The second kappa shape index (κ2) is 3.96. The highest BCUT2D eigenvalue weighted by molar-refractivity contribution is 5.56. The molecule has 0 aliphatic rings. The lowest BCUT2D eigenvalue weighted by molar-refractivity contribution is 0.341. The molecule has 0 spiro atoms. The van der Waals surface area contributed by atoms with Gasteiger partial charge in [-0.15, -0.1) is 0 Å². The Morgan fingerprint density at radius 3 is 2.25 bits per heavy atom. The van der Waals surface area contributed by atoms with Gasteiger partial charge in [0.2, 0.25) is 0 Å². The third-order valence-corrected chi connectivity index (χ3v) is 1.91. The van der Waals surface area contributed by atoms with Gasteiger partial charge in [0.25, 0.3) is 0 Å². The van der Waals surface area contributed by atoms with E-state index < -0.39 is 0 Å². The monoisotopic (exact) mass is 162 g/mol. The Kier molecular flexibility index (Phi) is 2.92. The summed E-state index contributed by atoms with van der Waals surface area (Å²) in [7, 11) is 1.66. The highest BCUT2D eigenvalue weighted by Gasteiger charge is 1.96. The third kappa shape index (κ3) is 1.88. The molecule has 0 radical (unpaired) electrons. The fourth-order valence-electron chi connectivity index (χ4n) is 1.23. The van der Waals surface area contributed by atoms with Crippen molar-refractivity contribution in [3.8, 4) is 0 Å². The van der Waals surface area contributed by atoms with E-state index in [2.05, 4.69) is 32.0 Å². The highest BCUT2D eigenvalue weighted by Crippen LogP contribution is 2.14. The second-order valence-corrected chi connectivity index (χ2v) is 2.84. The number of ether oxygens (including phenoxy) is 1. The SMILES string of the molecule is CO/C=C\c1c(C)cccc1C. The van der Waals surface area contributed by atoms with Crippen LogP contribution in [0.3, 0.4) is 0 Å². The standard InChI is InChI=1S/C11H14O/c1-9-5-4-6-10(2)11(9)7-8-12-3/h4-8H,1-3H3/b8-7-. The first-order valence-corrected chi connectivity index (χ1v) is 4.01. The van der Waals surface area contributed by atoms with E-state index in [1.165, 1.54) is 16.7 Å². The van der Waals surface area contributed by atoms with Crippen molar-refractivity contribution in [1.82, 2.24) is 0 Å². The van der Waals surface area contributed by atoms with Crippen LogP contribution in [0.25, 0.3) is 6.08 Å². The summed E-state index contributed by atoms with van der Waals surface area (Å²) in [6.07, 6.45) is 3.69. The molecule has 0 aliphatic carbocycles. The van der Waals surface area contributed by atoms with Crippen LogP contribution in [0.1, 0.15) is 16.7 Å². The summed E-state index contributed by atoms with van der Waals surface area (Å²) in [5.74, 6) is 0. The first-order chi connectivity index (χ1) is 5.75. The highest BCUT2D eigenvalue weighted by atomic mass is 16.5. The van der Waals surface area contributed by atoms with Gasteiger partial charge in [-0.2, -0.15) is 0 Å². The molecule has 0 fully saturated rings. The van der Waals surface area contributed by atoms with Crippen molar-refractivity contribution in [2.45, 2.75) is 13.8 Å². The topological polar surface area (TPSA) is 9.23 Å². The molecule has 0 N–H and O–H groups in total. The van der Waals surface area contributed by atoms with Gasteiger partial charge in [-0.25, -0.2) is 0 Å². The number of methoxy groups -OCH3 is 1. The maximum Gasteiger partial charge on any atom is 0.0830 e. The molecule has 0 atom stereocenters. The molecule has 1 aromatic rings. The summed E-state index contributed by atoms with van der Waals surface area (Å²) in [5, 5.41) is 0. The minimum absolute atomic E-state index is 1.25. The molecule has 0 saturated carbocycles. The molecule has 0 saturated heterocycles. The van der Waals surface area contributed by atoms with Crippen LogP contribution in [0.15, 0.2) is 24.5 Å². The lowest BCUT2D eigenvalue weighted by Crippen LogP contribution is -1.84. The van der Waals surface area contributed by atoms with Crippen LogP contribution in [0, 0.1) is 13.8 Å². The van der Waals surface area contributed by atoms with E-state index in [-0.39, 0.29) is 0 Å². The molecule has 0 aromatic heterocycles. The lowest BCUT2D eigenvalue weighted by Gasteiger charge is -2.03. The van der Waals surface area contributed by atoms with Gasteiger partial charge >= 0.3 is 0 Å². The molecule has 1 heteroatoms. The fraction of sp³-hybridized carbons (Fsp3) is 0.273. The molecule has 1 rings (SSSR count). The Morgan fingerprint density at radius 2 is 1.75 bits per heavy atom. The average Bonchev–Trinajstić information content (AvgIpc) is 2.04. The van der Waals surface area contributed by atoms with Crippen molar-refractivity contribution in [2.24, 2.45) is 0 Å². The van der Waals surface area contributed by atoms with E-state index in [1.807, 2.05) is 6.08 Å². The Morgan fingerprint density at radius 1 is 1.17 bits per heavy atom. The third-order valence-electron chi connectivity index (χ3n) is 1.91. The molecule has 64 valence electrons. The van der Waals surface area contributed by atoms with E-state index in [0.29, 0.717) is 0 Å². The molecule has 0 heterocycles. The van der Waals surface area contributed by atoms with Crippen LogP contribution in [0.5, 0.6) is 0 Å². The molecule has 0 aliphatic heterocycles. The largest absolute Gasteiger partial charge is 0.504 e. The molecule has 12 heavy (non-hydrogen) atoms. The number of hydrogen-bond acceptors (Lipinski definition) is 1. The van der Waals surface area contributed by atoms with E-state index >= 15 is 0 Å². The molecule has 1 aromatic carbocycles. The van der Waals surface area contributed by atoms with Crippen molar-refractivity contribution >= 4 is 6.08 Å². The lowest BCUT2D eigenvalue weighted by atomic mass is 10.0. The minimum atomic E-state index is 1.25. The minimum Gasteiger partial charge on any atom is -0.504 e. The zero-order valence-electron chi connectivity index (χ0n) is 7.79. The Balaban J connectivity index is 3.04. The van der Waals surface area contributed by atoms with Gasteiger partial charge in [0, 0.05) is 0 Å². The molecule has 0 amide bonds. The van der Waals surface area contributed by atoms with E-state index in [0.717, 1.165) is 0 Å². The molecule has 1 nitrogen and oxygen atoms in total. The van der Waals surface area contributed by atoms with E-state index in [1.54, 1.807) is 13.4 Å². The van der Waals surface area contributed by atoms with Crippen molar-refractivity contribution in [1.29, 1.82) is 0 Å². The molecular weight excluding hydrogens is 148 g/mol. The summed E-state index contributed by atoms with van der Waals surface area (Å²) in [4.78, 5) is 0. The normalized spacial score (nSPS) is 10.6. The van der Waals surface area contributed by atoms with Crippen molar-refractivity contribution in [3.05, 3.63) is 41.2 Å². The van der Waals surface area contributed by atoms with Crippen LogP contribution in [-0.2, 0) is 4.74 Å². The fourth-order valence-corrected chi connectivity index (χ4v) is 1.23. The Labute approximate surface area is 73.7 Å². The predicted octanol–water partition coefficient (Wildman–Crippen LogP) is 2.92. The number of benzene rings is 1. The van der Waals surface area contributed by atoms with Crippen molar-refractivity contribution in [3.63, 3.8) is 0 Å². The number of aryl methyl sites for hydroxylation is 2. The number of hydrogen-bond donors (Lipinski definition) is 0. The number of rotatable bonds is 2. The van der Waals surface area contributed by atoms with Crippen LogP contribution < -0.4 is 0 Å². The van der Waals surface area contributed by atoms with Crippen LogP contribution in [0.2, 0.25) is 0 Å². The first kappa shape index (κ1) is 8.85. The zero-order valence-corrected chi connectivity index (χ0v) is 7.79. The average molecular weight is 162 g/mol. The molecule has 0 bridgehead atoms. The quantitative estimate of drug-likeness (QED) is 0.607. The maximum atomic E-state index is 4.88. The van der Waals surface area contributed by atoms with Crippen LogP contribution >= 0.6 is 0 Å². The zero-order chi connectivity index (χ0) is 8.97.